The molecule has 1 N–H and O–H groups in total. The van der Waals surface area contributed by atoms with Crippen LogP contribution in [0.25, 0.3) is 5.57 Å². The molecule has 180 valence electrons. The minimum absolute atomic E-state index is 0.0624. The molecule has 7 nitrogen and oxygen atoms in total. The van der Waals surface area contributed by atoms with E-state index in [-0.39, 0.29) is 30.1 Å². The van der Waals surface area contributed by atoms with Gasteiger partial charge in [-0.25, -0.2) is 4.79 Å². The molecule has 1 heterocycles. The molecule has 0 spiro atoms. The summed E-state index contributed by atoms with van der Waals surface area (Å²) >= 11 is 0. The third kappa shape index (κ3) is 4.84. The summed E-state index contributed by atoms with van der Waals surface area (Å²) in [5.41, 5.74) is 3.42. The van der Waals surface area contributed by atoms with Crippen molar-refractivity contribution in [1.29, 1.82) is 0 Å². The van der Waals surface area contributed by atoms with Crippen molar-refractivity contribution in [3.05, 3.63) is 88.0 Å². The second-order valence-electron chi connectivity index (χ2n) is 8.21. The van der Waals surface area contributed by atoms with Crippen LogP contribution in [0.1, 0.15) is 32.6 Å². The fourth-order valence-electron chi connectivity index (χ4n) is 4.13. The Bertz CT molecular complexity index is 1320. The Labute approximate surface area is 203 Å². The zero-order chi connectivity index (χ0) is 25.1. The monoisotopic (exact) mass is 474 g/mol. The van der Waals surface area contributed by atoms with Crippen LogP contribution in [0.5, 0.6) is 23.0 Å². The Morgan fingerprint density at radius 1 is 0.857 bits per heavy atom. The first-order valence-electron chi connectivity index (χ1n) is 11.0. The van der Waals surface area contributed by atoms with Crippen LogP contribution < -0.4 is 18.9 Å². The van der Waals surface area contributed by atoms with E-state index >= 15 is 0 Å². The van der Waals surface area contributed by atoms with E-state index in [1.165, 1.54) is 0 Å². The van der Waals surface area contributed by atoms with Crippen LogP contribution in [0.4, 0.5) is 0 Å². The van der Waals surface area contributed by atoms with Gasteiger partial charge in [-0.1, -0.05) is 12.1 Å². The summed E-state index contributed by atoms with van der Waals surface area (Å²) in [6.07, 6.45) is 0.123. The normalized spacial score (nSPS) is 12.7. The van der Waals surface area contributed by atoms with Crippen molar-refractivity contribution in [1.82, 2.24) is 0 Å². The Hall–Kier alpha value is -4.26. The van der Waals surface area contributed by atoms with Crippen molar-refractivity contribution in [2.75, 3.05) is 21.0 Å². The molecule has 0 aromatic heterocycles. The molecule has 0 aliphatic carbocycles. The molecule has 0 radical (unpaired) electrons. The number of carboxylic acids is 1. The quantitative estimate of drug-likeness (QED) is 0.362. The number of benzene rings is 3. The van der Waals surface area contributed by atoms with Crippen LogP contribution >= 0.6 is 0 Å². The lowest BCUT2D eigenvalue weighted by Gasteiger charge is -2.16. The van der Waals surface area contributed by atoms with E-state index in [0.717, 1.165) is 22.4 Å². The lowest BCUT2D eigenvalue weighted by molar-refractivity contribution is -0.130. The van der Waals surface area contributed by atoms with Gasteiger partial charge in [-0.3, -0.25) is 4.79 Å². The predicted octanol–water partition coefficient (Wildman–Crippen LogP) is 5.01. The number of hydrogen-bond acceptors (Lipinski definition) is 6. The van der Waals surface area contributed by atoms with E-state index in [9.17, 15) is 14.7 Å². The summed E-state index contributed by atoms with van der Waals surface area (Å²) < 4.78 is 21.4. The van der Waals surface area contributed by atoms with Gasteiger partial charge in [-0.2, -0.15) is 0 Å². The molecule has 0 fully saturated rings. The standard InChI is InChI=1S/C28H26O7/c1-16-12-24(33-4)17(2)11-20(16)13-22(27(29)18-5-8-21(32-3)9-6-18)26(28(30)31)19-7-10-23-25(14-19)35-15-34-23/h5-12,14H,13,15H2,1-4H3,(H,30,31). The van der Waals surface area contributed by atoms with Crippen molar-refractivity contribution in [2.45, 2.75) is 20.3 Å². The molecule has 3 aromatic carbocycles. The molecule has 0 saturated heterocycles. The van der Waals surface area contributed by atoms with Gasteiger partial charge in [0, 0.05) is 17.6 Å². The first-order chi connectivity index (χ1) is 16.8. The van der Waals surface area contributed by atoms with Gasteiger partial charge >= 0.3 is 5.97 Å². The highest BCUT2D eigenvalue weighted by Crippen LogP contribution is 2.36. The van der Waals surface area contributed by atoms with Crippen molar-refractivity contribution in [3.63, 3.8) is 0 Å². The number of ketones is 1. The van der Waals surface area contributed by atoms with Crippen LogP contribution in [-0.2, 0) is 11.2 Å². The fraction of sp³-hybridized carbons (Fsp3) is 0.214. The maximum Gasteiger partial charge on any atom is 0.336 e. The highest BCUT2D eigenvalue weighted by atomic mass is 16.7. The smallest absolute Gasteiger partial charge is 0.336 e. The number of allylic oxidation sites excluding steroid dienone is 1. The lowest BCUT2D eigenvalue weighted by atomic mass is 9.87. The molecule has 0 amide bonds. The first-order valence-corrected chi connectivity index (χ1v) is 11.0. The SMILES string of the molecule is COc1ccc(C(=O)C(Cc2cc(C)c(OC)cc2C)=C(C(=O)O)c2ccc3c(c2)OCO3)cc1. The average Bonchev–Trinajstić information content (AvgIpc) is 3.33. The average molecular weight is 475 g/mol. The highest BCUT2D eigenvalue weighted by Gasteiger charge is 2.26. The number of aliphatic carboxylic acids is 1. The molecule has 4 rings (SSSR count). The largest absolute Gasteiger partial charge is 0.497 e. The third-order valence-corrected chi connectivity index (χ3v) is 6.02. The summed E-state index contributed by atoms with van der Waals surface area (Å²) in [7, 11) is 3.14. The van der Waals surface area contributed by atoms with Crippen molar-refractivity contribution >= 4 is 17.3 Å². The first kappa shape index (κ1) is 23.9. The van der Waals surface area contributed by atoms with Crippen LogP contribution in [-0.4, -0.2) is 37.9 Å². The zero-order valence-corrected chi connectivity index (χ0v) is 20.0. The lowest BCUT2D eigenvalue weighted by Crippen LogP contribution is -2.14. The van der Waals surface area contributed by atoms with E-state index in [1.807, 2.05) is 26.0 Å². The maximum atomic E-state index is 13.8. The molecule has 3 aromatic rings. The Balaban J connectivity index is 1.89. The van der Waals surface area contributed by atoms with Crippen molar-refractivity contribution < 1.29 is 33.6 Å². The maximum absolute atomic E-state index is 13.8. The van der Waals surface area contributed by atoms with Gasteiger partial charge in [-0.15, -0.1) is 0 Å². The van der Waals surface area contributed by atoms with Gasteiger partial charge in [0.15, 0.2) is 17.3 Å². The van der Waals surface area contributed by atoms with E-state index in [1.54, 1.807) is 56.7 Å². The molecular weight excluding hydrogens is 448 g/mol. The number of Topliss-reactive ketones (excluding diaryl/α,β-unsaturated/α-hetero) is 1. The Morgan fingerprint density at radius 3 is 2.20 bits per heavy atom. The number of fused-ring (bicyclic) bond motifs is 1. The molecule has 1 aliphatic rings. The van der Waals surface area contributed by atoms with Crippen molar-refractivity contribution in [3.8, 4) is 23.0 Å². The van der Waals surface area contributed by atoms with E-state index in [4.69, 9.17) is 18.9 Å². The number of ether oxygens (including phenoxy) is 4. The van der Waals surface area contributed by atoms with Crippen LogP contribution in [0.15, 0.2) is 60.2 Å². The van der Waals surface area contributed by atoms with Gasteiger partial charge in [0.05, 0.1) is 19.8 Å². The second-order valence-corrected chi connectivity index (χ2v) is 8.21. The molecule has 0 saturated carbocycles. The number of carbonyl (C=O) groups is 2. The van der Waals surface area contributed by atoms with E-state index in [0.29, 0.717) is 28.4 Å². The molecule has 7 heteroatoms. The molecule has 1 aliphatic heterocycles. The fourth-order valence-corrected chi connectivity index (χ4v) is 4.13. The molecule has 35 heavy (non-hydrogen) atoms. The summed E-state index contributed by atoms with van der Waals surface area (Å²) in [5.74, 6) is 0.715. The van der Waals surface area contributed by atoms with Crippen LogP contribution in [0.2, 0.25) is 0 Å². The minimum Gasteiger partial charge on any atom is -0.497 e. The van der Waals surface area contributed by atoms with Gasteiger partial charge in [0.1, 0.15) is 11.5 Å². The van der Waals surface area contributed by atoms with E-state index in [2.05, 4.69) is 0 Å². The van der Waals surface area contributed by atoms with Crippen LogP contribution in [0.3, 0.4) is 0 Å². The second kappa shape index (κ2) is 9.93. The van der Waals surface area contributed by atoms with Gasteiger partial charge in [0.25, 0.3) is 0 Å². The summed E-state index contributed by atoms with van der Waals surface area (Å²) in [6, 6.07) is 15.3. The summed E-state index contributed by atoms with van der Waals surface area (Å²) in [5, 5.41) is 10.3. The number of hydrogen-bond donors (Lipinski definition) is 1. The molecular formula is C28H26O7. The summed E-state index contributed by atoms with van der Waals surface area (Å²) in [4.78, 5) is 26.4. The van der Waals surface area contributed by atoms with Gasteiger partial charge < -0.3 is 24.1 Å². The number of carboxylic acid groups (broad SMARTS) is 1. The Kier molecular flexibility index (Phi) is 6.78. The Morgan fingerprint density at radius 2 is 1.54 bits per heavy atom. The van der Waals surface area contributed by atoms with E-state index < -0.39 is 5.97 Å². The number of aryl methyl sites for hydroxylation is 2. The van der Waals surface area contributed by atoms with Crippen LogP contribution in [0, 0.1) is 13.8 Å². The molecule has 0 atom stereocenters. The third-order valence-electron chi connectivity index (χ3n) is 6.02. The topological polar surface area (TPSA) is 91.3 Å². The molecule has 0 unspecified atom stereocenters. The number of carbonyl (C=O) groups excluding carboxylic acids is 1. The zero-order valence-electron chi connectivity index (χ0n) is 20.0. The van der Waals surface area contributed by atoms with Gasteiger partial charge in [0.2, 0.25) is 6.79 Å². The minimum atomic E-state index is -1.20. The number of methoxy groups -OCH3 is 2. The number of rotatable bonds is 8. The summed E-state index contributed by atoms with van der Waals surface area (Å²) in [6.45, 7) is 3.88. The van der Waals surface area contributed by atoms with Crippen molar-refractivity contribution in [2.24, 2.45) is 0 Å². The molecule has 0 bridgehead atoms. The predicted molar refractivity (Wildman–Crippen MR) is 131 cm³/mol. The highest BCUT2D eigenvalue weighted by molar-refractivity contribution is 6.26. The van der Waals surface area contributed by atoms with Gasteiger partial charge in [-0.05, 0) is 78.6 Å².